The quantitative estimate of drug-likeness (QED) is 0.729. The van der Waals surface area contributed by atoms with Gasteiger partial charge in [-0.1, -0.05) is 26.7 Å². The fourth-order valence-corrected chi connectivity index (χ4v) is 3.25. The van der Waals surface area contributed by atoms with Gasteiger partial charge in [0.1, 0.15) is 0 Å². The van der Waals surface area contributed by atoms with Crippen molar-refractivity contribution in [3.63, 3.8) is 0 Å². The van der Waals surface area contributed by atoms with Crippen molar-refractivity contribution in [1.29, 1.82) is 0 Å². The van der Waals surface area contributed by atoms with E-state index in [1.165, 1.54) is 51.9 Å². The van der Waals surface area contributed by atoms with E-state index in [-0.39, 0.29) is 0 Å². The van der Waals surface area contributed by atoms with E-state index in [1.54, 1.807) is 0 Å². The number of likely N-dealkylation sites (N-methyl/N-ethyl adjacent to an activating group) is 1. The fraction of sp³-hybridized carbons (Fsp3) is 1.00. The molecule has 0 bridgehead atoms. The molecule has 1 fully saturated rings. The molecule has 0 aromatic rings. The fourth-order valence-electron chi connectivity index (χ4n) is 3.25. The summed E-state index contributed by atoms with van der Waals surface area (Å²) in [5.74, 6) is 1.61. The Balaban J connectivity index is 2.48. The molecule has 0 spiro atoms. The van der Waals surface area contributed by atoms with E-state index in [9.17, 15) is 0 Å². The van der Waals surface area contributed by atoms with Gasteiger partial charge in [-0.05, 0) is 45.8 Å². The van der Waals surface area contributed by atoms with Crippen molar-refractivity contribution in [3.05, 3.63) is 0 Å². The third-order valence-electron chi connectivity index (χ3n) is 4.26. The van der Waals surface area contributed by atoms with Gasteiger partial charge in [-0.3, -0.25) is 0 Å². The molecule has 1 aliphatic carbocycles. The molecule has 0 heterocycles. The van der Waals surface area contributed by atoms with Gasteiger partial charge in [-0.25, -0.2) is 0 Å². The van der Waals surface area contributed by atoms with Crippen molar-refractivity contribution < 1.29 is 0 Å². The maximum atomic E-state index is 3.54. The van der Waals surface area contributed by atoms with Crippen molar-refractivity contribution in [2.75, 3.05) is 47.3 Å². The van der Waals surface area contributed by atoms with E-state index in [0.717, 1.165) is 17.9 Å². The molecule has 3 nitrogen and oxygen atoms in total. The molecule has 1 rings (SSSR count). The summed E-state index contributed by atoms with van der Waals surface area (Å²) in [5.41, 5.74) is 0. The van der Waals surface area contributed by atoms with Gasteiger partial charge in [0, 0.05) is 32.2 Å². The highest BCUT2D eigenvalue weighted by atomic mass is 15.2. The number of nitrogens with zero attached hydrogens (tertiary/aromatic N) is 2. The lowest BCUT2D eigenvalue weighted by atomic mass is 9.84. The van der Waals surface area contributed by atoms with Crippen LogP contribution in [0.4, 0.5) is 0 Å². The topological polar surface area (TPSA) is 18.5 Å². The molecule has 3 heteroatoms. The zero-order chi connectivity index (χ0) is 14.3. The smallest absolute Gasteiger partial charge is 0.0109 e. The Kier molecular flexibility index (Phi) is 7.96. The molecule has 0 saturated heterocycles. The second-order valence-corrected chi connectivity index (χ2v) is 6.90. The Hall–Kier alpha value is -0.120. The van der Waals surface area contributed by atoms with Gasteiger partial charge in [0.2, 0.25) is 0 Å². The van der Waals surface area contributed by atoms with Crippen LogP contribution in [0, 0.1) is 11.8 Å². The third kappa shape index (κ3) is 6.73. The van der Waals surface area contributed by atoms with E-state index >= 15 is 0 Å². The van der Waals surface area contributed by atoms with Crippen LogP contribution in [-0.2, 0) is 0 Å². The van der Waals surface area contributed by atoms with Crippen molar-refractivity contribution in [1.82, 2.24) is 15.1 Å². The molecule has 1 saturated carbocycles. The highest BCUT2D eigenvalue weighted by Crippen LogP contribution is 2.25. The van der Waals surface area contributed by atoms with Crippen LogP contribution in [0.25, 0.3) is 0 Å². The standard InChI is InChI=1S/C16H35N3/c1-14(2)12-19(11-10-18(4)5)13-15-8-6-7-9-16(15)17-3/h14-17H,6-13H2,1-5H3. The lowest BCUT2D eigenvalue weighted by Gasteiger charge is -2.36. The first-order chi connectivity index (χ1) is 9.02. The van der Waals surface area contributed by atoms with Crippen LogP contribution in [0.3, 0.4) is 0 Å². The summed E-state index contributed by atoms with van der Waals surface area (Å²) in [6, 6.07) is 0.739. The second kappa shape index (κ2) is 8.93. The van der Waals surface area contributed by atoms with E-state index in [2.05, 4.69) is 50.1 Å². The van der Waals surface area contributed by atoms with Crippen LogP contribution >= 0.6 is 0 Å². The van der Waals surface area contributed by atoms with Crippen LogP contribution in [0.2, 0.25) is 0 Å². The summed E-state index contributed by atoms with van der Waals surface area (Å²) in [4.78, 5) is 4.98. The van der Waals surface area contributed by atoms with Crippen molar-refractivity contribution in [3.8, 4) is 0 Å². The average Bonchev–Trinajstić information content (AvgIpc) is 2.36. The highest BCUT2D eigenvalue weighted by molar-refractivity contribution is 4.82. The summed E-state index contributed by atoms with van der Waals surface area (Å²) in [6.07, 6.45) is 5.60. The molecule has 1 N–H and O–H groups in total. The predicted molar refractivity (Wildman–Crippen MR) is 84.6 cm³/mol. The summed E-state index contributed by atoms with van der Waals surface area (Å²) in [5, 5.41) is 3.54. The van der Waals surface area contributed by atoms with E-state index in [1.807, 2.05) is 0 Å². The SMILES string of the molecule is CNC1CCCCC1CN(CCN(C)C)CC(C)C. The Morgan fingerprint density at radius 1 is 1.11 bits per heavy atom. The molecule has 0 aliphatic heterocycles. The molecule has 2 unspecified atom stereocenters. The summed E-state index contributed by atoms with van der Waals surface area (Å²) in [6.45, 7) is 9.55. The van der Waals surface area contributed by atoms with Crippen molar-refractivity contribution in [2.24, 2.45) is 11.8 Å². The minimum absolute atomic E-state index is 0.739. The molecular weight excluding hydrogens is 234 g/mol. The Bertz CT molecular complexity index is 228. The zero-order valence-electron chi connectivity index (χ0n) is 13.8. The molecule has 0 radical (unpaired) electrons. The maximum Gasteiger partial charge on any atom is 0.0109 e. The first-order valence-electron chi connectivity index (χ1n) is 8.07. The average molecular weight is 269 g/mol. The van der Waals surface area contributed by atoms with Gasteiger partial charge >= 0.3 is 0 Å². The van der Waals surface area contributed by atoms with E-state index in [4.69, 9.17) is 0 Å². The first-order valence-corrected chi connectivity index (χ1v) is 8.07. The number of hydrogen-bond acceptors (Lipinski definition) is 3. The minimum Gasteiger partial charge on any atom is -0.317 e. The van der Waals surface area contributed by atoms with Crippen molar-refractivity contribution >= 4 is 0 Å². The van der Waals surface area contributed by atoms with Gasteiger partial charge in [0.25, 0.3) is 0 Å². The summed E-state index contributed by atoms with van der Waals surface area (Å²) >= 11 is 0. The Morgan fingerprint density at radius 2 is 1.79 bits per heavy atom. The zero-order valence-corrected chi connectivity index (χ0v) is 13.8. The molecule has 114 valence electrons. The highest BCUT2D eigenvalue weighted by Gasteiger charge is 2.25. The largest absolute Gasteiger partial charge is 0.317 e. The maximum absolute atomic E-state index is 3.54. The van der Waals surface area contributed by atoms with Gasteiger partial charge < -0.3 is 15.1 Å². The van der Waals surface area contributed by atoms with E-state index < -0.39 is 0 Å². The van der Waals surface area contributed by atoms with Crippen LogP contribution < -0.4 is 5.32 Å². The lowest BCUT2D eigenvalue weighted by Crippen LogP contribution is -2.45. The normalized spacial score (nSPS) is 24.6. The third-order valence-corrected chi connectivity index (χ3v) is 4.26. The predicted octanol–water partition coefficient (Wildman–Crippen LogP) is 2.28. The Morgan fingerprint density at radius 3 is 2.37 bits per heavy atom. The minimum atomic E-state index is 0.739. The summed E-state index contributed by atoms with van der Waals surface area (Å²) in [7, 11) is 6.48. The molecule has 0 aromatic carbocycles. The van der Waals surface area contributed by atoms with Crippen LogP contribution in [0.1, 0.15) is 39.5 Å². The van der Waals surface area contributed by atoms with Crippen LogP contribution in [0.5, 0.6) is 0 Å². The van der Waals surface area contributed by atoms with Crippen molar-refractivity contribution in [2.45, 2.75) is 45.6 Å². The van der Waals surface area contributed by atoms with Gasteiger partial charge in [-0.15, -0.1) is 0 Å². The van der Waals surface area contributed by atoms with Gasteiger partial charge in [-0.2, -0.15) is 0 Å². The first kappa shape index (κ1) is 16.9. The van der Waals surface area contributed by atoms with Crippen LogP contribution in [-0.4, -0.2) is 63.2 Å². The van der Waals surface area contributed by atoms with E-state index in [0.29, 0.717) is 0 Å². The second-order valence-electron chi connectivity index (χ2n) is 6.90. The lowest BCUT2D eigenvalue weighted by molar-refractivity contribution is 0.150. The Labute approximate surface area is 120 Å². The number of nitrogens with one attached hydrogen (secondary N) is 1. The monoisotopic (exact) mass is 269 g/mol. The van der Waals surface area contributed by atoms with Gasteiger partial charge in [0.15, 0.2) is 0 Å². The molecular formula is C16H35N3. The number of hydrogen-bond donors (Lipinski definition) is 1. The van der Waals surface area contributed by atoms with Gasteiger partial charge in [0.05, 0.1) is 0 Å². The molecule has 1 aliphatic rings. The van der Waals surface area contributed by atoms with Crippen LogP contribution in [0.15, 0.2) is 0 Å². The molecule has 0 amide bonds. The molecule has 2 atom stereocenters. The summed E-state index contributed by atoms with van der Waals surface area (Å²) < 4.78 is 0. The molecule has 0 aromatic heterocycles. The number of rotatable bonds is 8. The molecule has 19 heavy (non-hydrogen) atoms.